The van der Waals surface area contributed by atoms with Crippen LogP contribution in [0.15, 0.2) is 6.20 Å². The fraction of sp³-hybridized carbons (Fsp3) is 0.364. The highest BCUT2D eigenvalue weighted by Gasteiger charge is 2.24. The summed E-state index contributed by atoms with van der Waals surface area (Å²) in [5.74, 6) is 0.829. The quantitative estimate of drug-likeness (QED) is 0.669. The number of carbonyl (C=O) groups excluding carboxylic acids is 1. The third-order valence-corrected chi connectivity index (χ3v) is 3.26. The van der Waals surface area contributed by atoms with Crippen molar-refractivity contribution in [1.29, 1.82) is 0 Å². The molecule has 0 unspecified atom stereocenters. The average molecular weight is 251 g/mol. The summed E-state index contributed by atoms with van der Waals surface area (Å²) in [6, 6.07) is 0.485. The number of anilines is 1. The lowest BCUT2D eigenvalue weighted by Crippen LogP contribution is -2.10. The lowest BCUT2D eigenvalue weighted by molar-refractivity contribution is 0.112. The first-order chi connectivity index (χ1) is 8.20. The molecule has 1 fully saturated rings. The van der Waals surface area contributed by atoms with Crippen LogP contribution in [-0.2, 0) is 0 Å². The Balaban J connectivity index is 2.24. The summed E-state index contributed by atoms with van der Waals surface area (Å²) in [5, 5.41) is 7.95. The predicted octanol–water partition coefficient (Wildman–Crippen LogP) is 2.08. The van der Waals surface area contributed by atoms with E-state index in [-0.39, 0.29) is 0 Å². The summed E-state index contributed by atoms with van der Waals surface area (Å²) in [6.07, 6.45) is 4.55. The van der Waals surface area contributed by atoms with E-state index in [0.29, 0.717) is 22.4 Å². The summed E-state index contributed by atoms with van der Waals surface area (Å²) >= 11 is 6.07. The van der Waals surface area contributed by atoms with Crippen molar-refractivity contribution < 1.29 is 4.79 Å². The molecule has 0 saturated heterocycles. The van der Waals surface area contributed by atoms with E-state index in [1.807, 2.05) is 6.92 Å². The van der Waals surface area contributed by atoms with Gasteiger partial charge in [-0.3, -0.25) is 4.79 Å². The lowest BCUT2D eigenvalue weighted by Gasteiger charge is -2.11. The van der Waals surface area contributed by atoms with Crippen LogP contribution in [0.5, 0.6) is 0 Å². The zero-order chi connectivity index (χ0) is 12.0. The van der Waals surface area contributed by atoms with Gasteiger partial charge in [-0.1, -0.05) is 11.6 Å². The molecular formula is C11H11ClN4O. The molecule has 0 radical (unpaired) electrons. The zero-order valence-electron chi connectivity index (χ0n) is 9.27. The van der Waals surface area contributed by atoms with Gasteiger partial charge in [0.25, 0.3) is 0 Å². The van der Waals surface area contributed by atoms with Gasteiger partial charge in [-0.15, -0.1) is 0 Å². The maximum Gasteiger partial charge on any atom is 0.169 e. The van der Waals surface area contributed by atoms with Gasteiger partial charge in [-0.05, 0) is 19.8 Å². The van der Waals surface area contributed by atoms with E-state index in [1.165, 1.54) is 6.20 Å². The first-order valence-electron chi connectivity index (χ1n) is 5.46. The molecule has 5 nitrogen and oxygen atoms in total. The molecule has 3 rings (SSSR count). The van der Waals surface area contributed by atoms with Gasteiger partial charge in [0, 0.05) is 11.6 Å². The van der Waals surface area contributed by atoms with Crippen molar-refractivity contribution in [2.45, 2.75) is 25.8 Å². The molecule has 0 spiro atoms. The van der Waals surface area contributed by atoms with Crippen LogP contribution in [0.3, 0.4) is 0 Å². The molecule has 0 aliphatic heterocycles. The highest BCUT2D eigenvalue weighted by Crippen LogP contribution is 2.29. The largest absolute Gasteiger partial charge is 0.367 e. The van der Waals surface area contributed by atoms with E-state index >= 15 is 0 Å². The molecule has 1 N–H and O–H groups in total. The Morgan fingerprint density at radius 2 is 2.35 bits per heavy atom. The molecule has 0 atom stereocenters. The molecule has 2 aromatic rings. The Bertz CT molecular complexity index is 603. The second-order valence-electron chi connectivity index (χ2n) is 4.25. The summed E-state index contributed by atoms with van der Waals surface area (Å²) in [4.78, 5) is 15.1. The second kappa shape index (κ2) is 3.70. The minimum Gasteiger partial charge on any atom is -0.367 e. The average Bonchev–Trinajstić information content (AvgIpc) is 3.05. The van der Waals surface area contributed by atoms with Crippen LogP contribution in [0.4, 0.5) is 5.82 Å². The van der Waals surface area contributed by atoms with Crippen molar-refractivity contribution in [3.8, 4) is 0 Å². The van der Waals surface area contributed by atoms with E-state index in [1.54, 1.807) is 4.52 Å². The van der Waals surface area contributed by atoms with Crippen molar-refractivity contribution in [1.82, 2.24) is 14.6 Å². The second-order valence-corrected chi connectivity index (χ2v) is 4.61. The Morgan fingerprint density at radius 3 is 3.00 bits per heavy atom. The third kappa shape index (κ3) is 1.67. The summed E-state index contributed by atoms with van der Waals surface area (Å²) in [7, 11) is 0. The van der Waals surface area contributed by atoms with E-state index in [0.717, 1.165) is 30.5 Å². The normalized spacial score (nSPS) is 15.2. The van der Waals surface area contributed by atoms with Crippen LogP contribution in [0.25, 0.3) is 5.65 Å². The molecule has 1 aliphatic rings. The van der Waals surface area contributed by atoms with Crippen LogP contribution in [-0.4, -0.2) is 26.9 Å². The van der Waals surface area contributed by atoms with E-state index in [4.69, 9.17) is 11.6 Å². The number of hydrogen-bond acceptors (Lipinski definition) is 4. The summed E-state index contributed by atoms with van der Waals surface area (Å²) < 4.78 is 1.64. The van der Waals surface area contributed by atoms with Crippen LogP contribution in [0.2, 0.25) is 5.15 Å². The minimum absolute atomic E-state index is 0.407. The number of rotatable bonds is 3. The van der Waals surface area contributed by atoms with Gasteiger partial charge in [0.2, 0.25) is 0 Å². The molecule has 1 saturated carbocycles. The highest BCUT2D eigenvalue weighted by molar-refractivity contribution is 6.30. The van der Waals surface area contributed by atoms with Gasteiger partial charge in [0.05, 0.1) is 11.8 Å². The van der Waals surface area contributed by atoms with Gasteiger partial charge in [-0.25, -0.2) is 4.98 Å². The number of halogens is 1. The Kier molecular flexibility index (Phi) is 2.29. The fourth-order valence-electron chi connectivity index (χ4n) is 1.74. The lowest BCUT2D eigenvalue weighted by atomic mass is 10.3. The zero-order valence-corrected chi connectivity index (χ0v) is 10.0. The first kappa shape index (κ1) is 10.5. The summed E-state index contributed by atoms with van der Waals surface area (Å²) in [6.45, 7) is 1.89. The molecule has 0 bridgehead atoms. The molecule has 88 valence electrons. The molecular weight excluding hydrogens is 240 g/mol. The molecule has 0 aromatic carbocycles. The smallest absolute Gasteiger partial charge is 0.169 e. The number of nitrogens with one attached hydrogen (secondary N) is 1. The van der Waals surface area contributed by atoms with Gasteiger partial charge in [-0.2, -0.15) is 9.61 Å². The Labute approximate surface area is 103 Å². The molecule has 17 heavy (non-hydrogen) atoms. The topological polar surface area (TPSA) is 59.3 Å². The number of carbonyl (C=O) groups is 1. The summed E-state index contributed by atoms with van der Waals surface area (Å²) in [5.41, 5.74) is 1.80. The van der Waals surface area contributed by atoms with Gasteiger partial charge in [0.15, 0.2) is 11.9 Å². The molecule has 2 aromatic heterocycles. The number of aromatic nitrogens is 3. The van der Waals surface area contributed by atoms with Crippen LogP contribution >= 0.6 is 11.6 Å². The minimum atomic E-state index is 0.407. The van der Waals surface area contributed by atoms with Gasteiger partial charge < -0.3 is 5.32 Å². The van der Waals surface area contributed by atoms with Gasteiger partial charge in [0.1, 0.15) is 11.0 Å². The molecule has 1 aliphatic carbocycles. The fourth-order valence-corrected chi connectivity index (χ4v) is 1.91. The Morgan fingerprint density at radius 1 is 1.59 bits per heavy atom. The number of aldehydes is 1. The van der Waals surface area contributed by atoms with Crippen molar-refractivity contribution in [2.24, 2.45) is 0 Å². The van der Waals surface area contributed by atoms with Gasteiger partial charge >= 0.3 is 0 Å². The molecule has 0 amide bonds. The predicted molar refractivity (Wildman–Crippen MR) is 64.8 cm³/mol. The molecule has 2 heterocycles. The van der Waals surface area contributed by atoms with Crippen molar-refractivity contribution in [3.05, 3.63) is 22.5 Å². The maximum absolute atomic E-state index is 10.9. The van der Waals surface area contributed by atoms with Crippen LogP contribution < -0.4 is 5.32 Å². The standard InChI is InChI=1S/C11H11ClN4O/c1-6-9(12)15-11-7(5-17)4-13-16(11)10(6)14-8-2-3-8/h4-5,8,14H,2-3H2,1H3. The van der Waals surface area contributed by atoms with Crippen LogP contribution in [0.1, 0.15) is 28.8 Å². The van der Waals surface area contributed by atoms with Crippen molar-refractivity contribution in [3.63, 3.8) is 0 Å². The molecule has 6 heteroatoms. The van der Waals surface area contributed by atoms with E-state index < -0.39 is 0 Å². The van der Waals surface area contributed by atoms with Crippen LogP contribution in [0, 0.1) is 6.92 Å². The maximum atomic E-state index is 10.9. The monoisotopic (exact) mass is 250 g/mol. The third-order valence-electron chi connectivity index (χ3n) is 2.90. The van der Waals surface area contributed by atoms with Crippen molar-refractivity contribution >= 4 is 29.4 Å². The first-order valence-corrected chi connectivity index (χ1v) is 5.84. The van der Waals surface area contributed by atoms with E-state index in [9.17, 15) is 4.79 Å². The SMILES string of the molecule is Cc1c(Cl)nc2c(C=O)cnn2c1NC1CC1. The number of hydrogen-bond donors (Lipinski definition) is 1. The Hall–Kier alpha value is -1.62. The number of nitrogens with zero attached hydrogens (tertiary/aromatic N) is 3. The highest BCUT2D eigenvalue weighted by atomic mass is 35.5. The number of fused-ring (bicyclic) bond motifs is 1. The van der Waals surface area contributed by atoms with Crippen molar-refractivity contribution in [2.75, 3.05) is 5.32 Å². The van der Waals surface area contributed by atoms with E-state index in [2.05, 4.69) is 15.4 Å².